The summed E-state index contributed by atoms with van der Waals surface area (Å²) in [5.41, 5.74) is 1.70. The van der Waals surface area contributed by atoms with Crippen molar-refractivity contribution in [2.24, 2.45) is 5.92 Å². The van der Waals surface area contributed by atoms with Crippen molar-refractivity contribution in [3.63, 3.8) is 0 Å². The first-order valence-corrected chi connectivity index (χ1v) is 9.64. The molecule has 0 aliphatic carbocycles. The highest BCUT2D eigenvalue weighted by atomic mass is 35.5. The number of amides is 1. The molecular weight excluding hydrogens is 364 g/mol. The second kappa shape index (κ2) is 8.53. The van der Waals surface area contributed by atoms with Gasteiger partial charge < -0.3 is 4.90 Å². The van der Waals surface area contributed by atoms with Crippen molar-refractivity contribution < 1.29 is 9.72 Å². The fourth-order valence-corrected chi connectivity index (χ4v) is 3.98. The van der Waals surface area contributed by atoms with Gasteiger partial charge in [0.25, 0.3) is 0 Å². The standard InChI is InChI=1S/C21H23ClN2O3/c1-2-3-13-23-19(16-9-11-17(22)12-10-16)20(24(26)27)18(21(23)25)14-15-7-5-4-6-8-15/h4-12,18-20H,2-3,13-14H2,1H3/t18-,19+,20-/m1/s1. The Balaban J connectivity index is 1.99. The van der Waals surface area contributed by atoms with Crippen molar-refractivity contribution >= 4 is 17.5 Å². The molecule has 0 unspecified atom stereocenters. The minimum atomic E-state index is -0.976. The molecule has 1 heterocycles. The van der Waals surface area contributed by atoms with Gasteiger partial charge in [-0.1, -0.05) is 67.4 Å². The number of halogens is 1. The van der Waals surface area contributed by atoms with Gasteiger partial charge in [0, 0.05) is 16.5 Å². The van der Waals surface area contributed by atoms with Crippen LogP contribution in [0.5, 0.6) is 0 Å². The molecule has 0 spiro atoms. The quantitative estimate of drug-likeness (QED) is 0.518. The normalized spacial score (nSPS) is 22.2. The Bertz CT molecular complexity index is 795. The van der Waals surface area contributed by atoms with E-state index in [0.29, 0.717) is 18.0 Å². The Hall–Kier alpha value is -2.40. The number of nitro groups is 1. The van der Waals surface area contributed by atoms with Crippen LogP contribution in [0.1, 0.15) is 36.9 Å². The molecule has 1 aliphatic rings. The van der Waals surface area contributed by atoms with E-state index < -0.39 is 18.0 Å². The highest BCUT2D eigenvalue weighted by Gasteiger charge is 2.55. The fourth-order valence-electron chi connectivity index (χ4n) is 3.85. The second-order valence-electron chi connectivity index (χ2n) is 6.95. The Morgan fingerprint density at radius 2 is 1.78 bits per heavy atom. The molecule has 1 saturated heterocycles. The smallest absolute Gasteiger partial charge is 0.249 e. The number of hydrogen-bond donors (Lipinski definition) is 0. The molecule has 27 heavy (non-hydrogen) atoms. The monoisotopic (exact) mass is 386 g/mol. The van der Waals surface area contributed by atoms with E-state index in [-0.39, 0.29) is 10.8 Å². The summed E-state index contributed by atoms with van der Waals surface area (Å²) in [7, 11) is 0. The van der Waals surface area contributed by atoms with Crippen molar-refractivity contribution in [3.8, 4) is 0 Å². The van der Waals surface area contributed by atoms with Crippen LogP contribution in [0, 0.1) is 16.0 Å². The number of rotatable bonds is 7. The van der Waals surface area contributed by atoms with E-state index in [9.17, 15) is 14.9 Å². The van der Waals surface area contributed by atoms with E-state index in [0.717, 1.165) is 24.0 Å². The van der Waals surface area contributed by atoms with Gasteiger partial charge in [-0.2, -0.15) is 0 Å². The summed E-state index contributed by atoms with van der Waals surface area (Å²) in [5, 5.41) is 12.6. The highest BCUT2D eigenvalue weighted by Crippen LogP contribution is 2.40. The van der Waals surface area contributed by atoms with Gasteiger partial charge in [-0.3, -0.25) is 14.9 Å². The van der Waals surface area contributed by atoms with Gasteiger partial charge in [-0.05, 0) is 36.1 Å². The van der Waals surface area contributed by atoms with Gasteiger partial charge >= 0.3 is 0 Å². The molecule has 0 bridgehead atoms. The van der Waals surface area contributed by atoms with Crippen LogP contribution < -0.4 is 0 Å². The zero-order valence-corrected chi connectivity index (χ0v) is 16.0. The van der Waals surface area contributed by atoms with Crippen LogP contribution in [0.3, 0.4) is 0 Å². The van der Waals surface area contributed by atoms with Gasteiger partial charge in [0.05, 0.1) is 0 Å². The number of likely N-dealkylation sites (tertiary alicyclic amines) is 1. The van der Waals surface area contributed by atoms with E-state index >= 15 is 0 Å². The summed E-state index contributed by atoms with van der Waals surface area (Å²) in [6.07, 6.45) is 2.11. The van der Waals surface area contributed by atoms with E-state index in [2.05, 4.69) is 0 Å². The van der Waals surface area contributed by atoms with Crippen LogP contribution in [0.15, 0.2) is 54.6 Å². The summed E-state index contributed by atoms with van der Waals surface area (Å²) in [6.45, 7) is 2.57. The molecular formula is C21H23ClN2O3. The lowest BCUT2D eigenvalue weighted by Gasteiger charge is -2.25. The summed E-state index contributed by atoms with van der Waals surface area (Å²) in [5.74, 6) is -0.797. The van der Waals surface area contributed by atoms with Gasteiger partial charge in [-0.25, -0.2) is 0 Å². The summed E-state index contributed by atoms with van der Waals surface area (Å²) >= 11 is 5.99. The van der Waals surface area contributed by atoms with Crippen LogP contribution in [0.2, 0.25) is 5.02 Å². The van der Waals surface area contributed by atoms with E-state index in [4.69, 9.17) is 11.6 Å². The first-order valence-electron chi connectivity index (χ1n) is 9.26. The average molecular weight is 387 g/mol. The molecule has 2 aromatic rings. The van der Waals surface area contributed by atoms with E-state index in [1.807, 2.05) is 37.3 Å². The molecule has 3 atom stereocenters. The number of unbranched alkanes of at least 4 members (excludes halogenated alkanes) is 1. The number of hydrogen-bond acceptors (Lipinski definition) is 3. The minimum absolute atomic E-state index is 0.131. The maximum absolute atomic E-state index is 13.2. The zero-order chi connectivity index (χ0) is 19.4. The third-order valence-corrected chi connectivity index (χ3v) is 5.43. The summed E-state index contributed by atoms with van der Waals surface area (Å²) in [4.78, 5) is 26.6. The van der Waals surface area contributed by atoms with Crippen molar-refractivity contribution in [3.05, 3.63) is 80.9 Å². The molecule has 142 valence electrons. The van der Waals surface area contributed by atoms with Gasteiger partial charge in [0.2, 0.25) is 11.9 Å². The molecule has 1 amide bonds. The maximum Gasteiger partial charge on any atom is 0.249 e. The van der Waals surface area contributed by atoms with E-state index in [1.165, 1.54) is 0 Å². The molecule has 0 radical (unpaired) electrons. The molecule has 0 aromatic heterocycles. The van der Waals surface area contributed by atoms with Crippen molar-refractivity contribution in [2.75, 3.05) is 6.54 Å². The van der Waals surface area contributed by atoms with Crippen molar-refractivity contribution in [1.82, 2.24) is 4.90 Å². The average Bonchev–Trinajstić information content (AvgIpc) is 2.93. The molecule has 1 fully saturated rings. The van der Waals surface area contributed by atoms with E-state index in [1.54, 1.807) is 29.2 Å². The predicted molar refractivity (Wildman–Crippen MR) is 105 cm³/mol. The lowest BCUT2D eigenvalue weighted by molar-refractivity contribution is -0.532. The Labute approximate surface area is 164 Å². The maximum atomic E-state index is 13.2. The molecule has 6 heteroatoms. The van der Waals surface area contributed by atoms with Gasteiger partial charge in [-0.15, -0.1) is 0 Å². The molecule has 5 nitrogen and oxygen atoms in total. The molecule has 0 N–H and O–H groups in total. The second-order valence-corrected chi connectivity index (χ2v) is 7.39. The van der Waals surface area contributed by atoms with Crippen molar-refractivity contribution in [2.45, 2.75) is 38.3 Å². The minimum Gasteiger partial charge on any atom is -0.328 e. The SMILES string of the molecule is CCCCN1C(=O)[C@H](Cc2ccccc2)[C@@H]([N+](=O)[O-])[C@@H]1c1ccc(Cl)cc1. The third kappa shape index (κ3) is 4.14. The number of carbonyl (C=O) groups is 1. The van der Waals surface area contributed by atoms with Crippen LogP contribution in [-0.2, 0) is 11.2 Å². The van der Waals surface area contributed by atoms with Gasteiger partial charge in [0.15, 0.2) is 0 Å². The third-order valence-electron chi connectivity index (χ3n) is 5.18. The Morgan fingerprint density at radius 3 is 2.37 bits per heavy atom. The molecule has 0 saturated carbocycles. The van der Waals surface area contributed by atoms with Crippen LogP contribution in [0.4, 0.5) is 0 Å². The number of carbonyl (C=O) groups excluding carboxylic acids is 1. The lowest BCUT2D eigenvalue weighted by Crippen LogP contribution is -2.34. The summed E-state index contributed by atoms with van der Waals surface area (Å²) < 4.78 is 0. The predicted octanol–water partition coefficient (Wildman–Crippen LogP) is 4.53. The first-order chi connectivity index (χ1) is 13.0. The largest absolute Gasteiger partial charge is 0.328 e. The summed E-state index contributed by atoms with van der Waals surface area (Å²) in [6, 6.07) is 15.0. The Morgan fingerprint density at radius 1 is 1.11 bits per heavy atom. The lowest BCUT2D eigenvalue weighted by atomic mass is 9.89. The van der Waals surface area contributed by atoms with Gasteiger partial charge in [0.1, 0.15) is 12.0 Å². The number of benzene rings is 2. The zero-order valence-electron chi connectivity index (χ0n) is 15.3. The van der Waals surface area contributed by atoms with Crippen LogP contribution >= 0.6 is 11.6 Å². The van der Waals surface area contributed by atoms with Crippen LogP contribution in [0.25, 0.3) is 0 Å². The fraction of sp³-hybridized carbons (Fsp3) is 0.381. The van der Waals surface area contributed by atoms with Crippen molar-refractivity contribution in [1.29, 1.82) is 0 Å². The molecule has 2 aromatic carbocycles. The molecule has 3 rings (SSSR count). The first kappa shape index (κ1) is 19.4. The highest BCUT2D eigenvalue weighted by molar-refractivity contribution is 6.30. The Kier molecular flexibility index (Phi) is 6.11. The number of nitrogens with zero attached hydrogens (tertiary/aromatic N) is 2. The van der Waals surface area contributed by atoms with Crippen LogP contribution in [-0.4, -0.2) is 28.3 Å². The topological polar surface area (TPSA) is 63.5 Å². The molecule has 1 aliphatic heterocycles.